The van der Waals surface area contributed by atoms with Crippen molar-refractivity contribution in [2.45, 2.75) is 0 Å². The minimum Gasteiger partial charge on any atom is -0.452 e. The molecule has 7 nitrogen and oxygen atoms in total. The highest BCUT2D eigenvalue weighted by atomic mass is 35.5. The minimum absolute atomic E-state index is 0.0445. The van der Waals surface area contributed by atoms with E-state index in [4.69, 9.17) is 27.9 Å². The summed E-state index contributed by atoms with van der Waals surface area (Å²) in [5, 5.41) is 13.8. The Morgan fingerprint density at radius 2 is 1.71 bits per heavy atom. The van der Waals surface area contributed by atoms with E-state index in [1.54, 1.807) is 0 Å². The fourth-order valence-electron chi connectivity index (χ4n) is 1.75. The zero-order chi connectivity index (χ0) is 17.7. The molecular weight excluding hydrogens is 359 g/mol. The first-order valence-corrected chi connectivity index (χ1v) is 7.29. The van der Waals surface area contributed by atoms with Crippen molar-refractivity contribution in [1.29, 1.82) is 0 Å². The van der Waals surface area contributed by atoms with E-state index in [0.717, 1.165) is 6.07 Å². The van der Waals surface area contributed by atoms with Gasteiger partial charge in [-0.1, -0.05) is 23.2 Å². The Bertz CT molecular complexity index is 793. The van der Waals surface area contributed by atoms with E-state index in [1.165, 1.54) is 36.4 Å². The quantitative estimate of drug-likeness (QED) is 0.492. The van der Waals surface area contributed by atoms with E-state index in [0.29, 0.717) is 5.02 Å². The SMILES string of the molecule is O=C(COC(=O)c1ccc(Cl)cc1)Nc1ccc(Cl)cc1[N+](=O)[O-]. The predicted molar refractivity (Wildman–Crippen MR) is 88.5 cm³/mol. The maximum atomic E-state index is 11.8. The molecule has 2 rings (SSSR count). The molecule has 124 valence electrons. The zero-order valence-electron chi connectivity index (χ0n) is 12.0. The molecular formula is C15H10Cl2N2O5. The number of hydrogen-bond donors (Lipinski definition) is 1. The summed E-state index contributed by atoms with van der Waals surface area (Å²) in [6.07, 6.45) is 0. The Kier molecular flexibility index (Phi) is 5.73. The highest BCUT2D eigenvalue weighted by Crippen LogP contribution is 2.27. The number of rotatable bonds is 5. The van der Waals surface area contributed by atoms with Crippen LogP contribution in [0.25, 0.3) is 0 Å². The van der Waals surface area contributed by atoms with Crippen LogP contribution in [0.15, 0.2) is 42.5 Å². The van der Waals surface area contributed by atoms with E-state index in [-0.39, 0.29) is 22.0 Å². The van der Waals surface area contributed by atoms with Crippen LogP contribution in [-0.4, -0.2) is 23.4 Å². The Morgan fingerprint density at radius 3 is 2.33 bits per heavy atom. The molecule has 0 aliphatic carbocycles. The van der Waals surface area contributed by atoms with Crippen LogP contribution < -0.4 is 5.32 Å². The third kappa shape index (κ3) is 4.68. The molecule has 0 aliphatic heterocycles. The number of benzene rings is 2. The lowest BCUT2D eigenvalue weighted by molar-refractivity contribution is -0.383. The van der Waals surface area contributed by atoms with E-state index >= 15 is 0 Å². The van der Waals surface area contributed by atoms with Crippen LogP contribution >= 0.6 is 23.2 Å². The molecule has 0 saturated heterocycles. The van der Waals surface area contributed by atoms with Crippen LogP contribution in [0.4, 0.5) is 11.4 Å². The highest BCUT2D eigenvalue weighted by molar-refractivity contribution is 6.31. The van der Waals surface area contributed by atoms with Gasteiger partial charge in [-0.3, -0.25) is 14.9 Å². The van der Waals surface area contributed by atoms with Crippen molar-refractivity contribution in [1.82, 2.24) is 0 Å². The Morgan fingerprint density at radius 1 is 1.08 bits per heavy atom. The van der Waals surface area contributed by atoms with Crippen LogP contribution in [0.3, 0.4) is 0 Å². The van der Waals surface area contributed by atoms with Crippen LogP contribution in [0.2, 0.25) is 10.0 Å². The summed E-state index contributed by atoms with van der Waals surface area (Å²) in [6.45, 7) is -0.596. The third-order valence-corrected chi connectivity index (χ3v) is 3.33. The number of amides is 1. The summed E-state index contributed by atoms with van der Waals surface area (Å²) in [4.78, 5) is 33.8. The summed E-state index contributed by atoms with van der Waals surface area (Å²) in [6, 6.07) is 9.71. The number of anilines is 1. The summed E-state index contributed by atoms with van der Waals surface area (Å²) in [7, 11) is 0. The van der Waals surface area contributed by atoms with Gasteiger partial charge in [0, 0.05) is 16.1 Å². The van der Waals surface area contributed by atoms with Crippen molar-refractivity contribution in [2.75, 3.05) is 11.9 Å². The molecule has 1 amide bonds. The lowest BCUT2D eigenvalue weighted by atomic mass is 10.2. The van der Waals surface area contributed by atoms with Gasteiger partial charge in [0.1, 0.15) is 5.69 Å². The van der Waals surface area contributed by atoms with Gasteiger partial charge in [-0.15, -0.1) is 0 Å². The van der Waals surface area contributed by atoms with Gasteiger partial charge in [-0.2, -0.15) is 0 Å². The van der Waals surface area contributed by atoms with Crippen LogP contribution in [0.1, 0.15) is 10.4 Å². The topological polar surface area (TPSA) is 98.5 Å². The first-order chi connectivity index (χ1) is 11.4. The monoisotopic (exact) mass is 368 g/mol. The Hall–Kier alpha value is -2.64. The molecule has 0 heterocycles. The Balaban J connectivity index is 1.98. The summed E-state index contributed by atoms with van der Waals surface area (Å²) in [5.41, 5.74) is -0.179. The smallest absolute Gasteiger partial charge is 0.338 e. The molecule has 0 saturated carbocycles. The zero-order valence-corrected chi connectivity index (χ0v) is 13.5. The maximum absolute atomic E-state index is 11.8. The second kappa shape index (κ2) is 7.76. The molecule has 24 heavy (non-hydrogen) atoms. The number of esters is 1. The van der Waals surface area contributed by atoms with Crippen LogP contribution in [0, 0.1) is 10.1 Å². The van der Waals surface area contributed by atoms with Crippen molar-refractivity contribution in [2.24, 2.45) is 0 Å². The molecule has 0 fully saturated rings. The first kappa shape index (κ1) is 17.7. The van der Waals surface area contributed by atoms with Crippen LogP contribution in [0.5, 0.6) is 0 Å². The Labute approximate surface area is 146 Å². The van der Waals surface area contributed by atoms with Crippen LogP contribution in [-0.2, 0) is 9.53 Å². The number of ether oxygens (including phenoxy) is 1. The van der Waals surface area contributed by atoms with Crippen molar-refractivity contribution in [3.05, 3.63) is 68.2 Å². The van der Waals surface area contributed by atoms with Crippen molar-refractivity contribution < 1.29 is 19.2 Å². The molecule has 2 aromatic carbocycles. The number of carbonyl (C=O) groups is 2. The highest BCUT2D eigenvalue weighted by Gasteiger charge is 2.17. The van der Waals surface area contributed by atoms with Gasteiger partial charge >= 0.3 is 5.97 Å². The number of nitro benzene ring substituents is 1. The average Bonchev–Trinajstić information content (AvgIpc) is 2.54. The van der Waals surface area contributed by atoms with Gasteiger partial charge in [-0.05, 0) is 36.4 Å². The van der Waals surface area contributed by atoms with Gasteiger partial charge in [0.25, 0.3) is 11.6 Å². The molecule has 0 radical (unpaired) electrons. The molecule has 0 aromatic heterocycles. The summed E-state index contributed by atoms with van der Waals surface area (Å²) in [5.74, 6) is -1.44. The number of nitrogens with one attached hydrogen (secondary N) is 1. The first-order valence-electron chi connectivity index (χ1n) is 6.53. The molecule has 1 N–H and O–H groups in total. The average molecular weight is 369 g/mol. The number of nitrogens with zero attached hydrogens (tertiary/aromatic N) is 1. The van der Waals surface area contributed by atoms with E-state index in [2.05, 4.69) is 5.32 Å². The fraction of sp³-hybridized carbons (Fsp3) is 0.0667. The minimum atomic E-state index is -0.720. The van der Waals surface area contributed by atoms with Gasteiger partial charge < -0.3 is 10.1 Å². The lowest BCUT2D eigenvalue weighted by Crippen LogP contribution is -2.21. The molecule has 9 heteroatoms. The van der Waals surface area contributed by atoms with Crippen molar-refractivity contribution >= 4 is 46.5 Å². The molecule has 0 unspecified atom stereocenters. The standard InChI is InChI=1S/C15H10Cl2N2O5/c16-10-3-1-9(2-4-10)15(21)24-8-14(20)18-12-6-5-11(17)7-13(12)19(22)23/h1-7H,8H2,(H,18,20). The number of carbonyl (C=O) groups excluding carboxylic acids is 2. The predicted octanol–water partition coefficient (Wildman–Crippen LogP) is 3.70. The maximum Gasteiger partial charge on any atom is 0.338 e. The number of halogens is 2. The summed E-state index contributed by atoms with van der Waals surface area (Å²) >= 11 is 11.4. The molecule has 0 spiro atoms. The van der Waals surface area contributed by atoms with Crippen molar-refractivity contribution in [3.63, 3.8) is 0 Å². The second-order valence-corrected chi connectivity index (χ2v) is 5.42. The molecule has 0 bridgehead atoms. The fourth-order valence-corrected chi connectivity index (χ4v) is 2.04. The molecule has 0 aliphatic rings. The number of hydrogen-bond acceptors (Lipinski definition) is 5. The van der Waals surface area contributed by atoms with Crippen molar-refractivity contribution in [3.8, 4) is 0 Å². The van der Waals surface area contributed by atoms with E-state index in [1.807, 2.05) is 0 Å². The second-order valence-electron chi connectivity index (χ2n) is 4.55. The van der Waals surface area contributed by atoms with Gasteiger partial charge in [0.15, 0.2) is 6.61 Å². The van der Waals surface area contributed by atoms with Gasteiger partial charge in [0.2, 0.25) is 0 Å². The normalized spacial score (nSPS) is 10.1. The van der Waals surface area contributed by atoms with Gasteiger partial charge in [-0.25, -0.2) is 4.79 Å². The van der Waals surface area contributed by atoms with Gasteiger partial charge in [0.05, 0.1) is 10.5 Å². The largest absolute Gasteiger partial charge is 0.452 e. The number of nitro groups is 1. The molecule has 2 aromatic rings. The van der Waals surface area contributed by atoms with E-state index in [9.17, 15) is 19.7 Å². The third-order valence-electron chi connectivity index (χ3n) is 2.84. The molecule has 0 atom stereocenters. The summed E-state index contributed by atoms with van der Waals surface area (Å²) < 4.78 is 4.84. The lowest BCUT2D eigenvalue weighted by Gasteiger charge is -2.07. The van der Waals surface area contributed by atoms with E-state index < -0.39 is 23.4 Å².